The number of aromatic nitrogens is 2. The third-order valence-electron chi connectivity index (χ3n) is 3.78. The molecule has 0 bridgehead atoms. The number of hydrogen-bond donors (Lipinski definition) is 1. The van der Waals surface area contributed by atoms with Crippen molar-refractivity contribution in [2.45, 2.75) is 25.3 Å². The predicted octanol–water partition coefficient (Wildman–Crippen LogP) is 3.80. The molecule has 1 saturated carbocycles. The Hall–Kier alpha value is -1.98. The molecule has 0 aliphatic heterocycles. The summed E-state index contributed by atoms with van der Waals surface area (Å²) in [4.78, 5) is 5.67. The van der Waals surface area contributed by atoms with Crippen molar-refractivity contribution < 1.29 is 4.52 Å². The van der Waals surface area contributed by atoms with Crippen LogP contribution in [0.4, 0.5) is 0 Å². The minimum Gasteiger partial charge on any atom is -0.333 e. The molecule has 2 aromatic heterocycles. The summed E-state index contributed by atoms with van der Waals surface area (Å²) < 4.78 is 5.46. The molecule has 106 valence electrons. The molecule has 1 aliphatic rings. The van der Waals surface area contributed by atoms with Crippen molar-refractivity contribution in [2.24, 2.45) is 5.73 Å². The number of nitrogens with two attached hydrogens (primary N) is 1. The zero-order valence-electron chi connectivity index (χ0n) is 11.5. The fraction of sp³-hybridized carbons (Fsp3) is 0.250. The highest BCUT2D eigenvalue weighted by Gasteiger charge is 2.29. The van der Waals surface area contributed by atoms with Gasteiger partial charge in [0.25, 0.3) is 5.89 Å². The molecule has 2 heterocycles. The van der Waals surface area contributed by atoms with Crippen LogP contribution in [-0.4, -0.2) is 10.1 Å². The number of thiophene rings is 1. The molecular formula is C16H15N3OS. The predicted molar refractivity (Wildman–Crippen MR) is 82.9 cm³/mol. The van der Waals surface area contributed by atoms with Crippen LogP contribution < -0.4 is 5.73 Å². The molecular weight excluding hydrogens is 282 g/mol. The van der Waals surface area contributed by atoms with E-state index in [-0.39, 0.29) is 0 Å². The minimum absolute atomic E-state index is 0.539. The van der Waals surface area contributed by atoms with Crippen LogP contribution >= 0.6 is 11.3 Å². The molecule has 2 N–H and O–H groups in total. The third-order valence-corrected chi connectivity index (χ3v) is 4.70. The van der Waals surface area contributed by atoms with E-state index in [0.29, 0.717) is 24.2 Å². The number of rotatable bonds is 4. The smallest absolute Gasteiger partial charge is 0.268 e. The van der Waals surface area contributed by atoms with Crippen LogP contribution in [0.3, 0.4) is 0 Å². The van der Waals surface area contributed by atoms with Crippen LogP contribution in [0.15, 0.2) is 40.2 Å². The molecule has 0 unspecified atom stereocenters. The van der Waals surface area contributed by atoms with Gasteiger partial charge in [-0.25, -0.2) is 0 Å². The summed E-state index contributed by atoms with van der Waals surface area (Å²) in [6, 6.07) is 10.1. The van der Waals surface area contributed by atoms with E-state index in [4.69, 9.17) is 10.3 Å². The van der Waals surface area contributed by atoms with Gasteiger partial charge in [0, 0.05) is 12.1 Å². The van der Waals surface area contributed by atoms with Crippen molar-refractivity contribution in [3.05, 3.63) is 46.8 Å². The van der Waals surface area contributed by atoms with Gasteiger partial charge in [-0.2, -0.15) is 4.98 Å². The summed E-state index contributed by atoms with van der Waals surface area (Å²) in [6.45, 7) is 0.539. The van der Waals surface area contributed by atoms with E-state index in [2.05, 4.69) is 21.6 Å². The lowest BCUT2D eigenvalue weighted by molar-refractivity contribution is 0.433. The Labute approximate surface area is 126 Å². The summed E-state index contributed by atoms with van der Waals surface area (Å²) >= 11 is 1.67. The monoisotopic (exact) mass is 297 g/mol. The average Bonchev–Trinajstić information content (AvgIpc) is 3.06. The van der Waals surface area contributed by atoms with Crippen molar-refractivity contribution in [1.29, 1.82) is 0 Å². The SMILES string of the molecule is NCc1ccc(-c2noc(-c3sccc3C3CC3)n2)cc1. The van der Waals surface area contributed by atoms with Gasteiger partial charge in [-0.1, -0.05) is 29.4 Å². The number of nitrogens with zero attached hydrogens (tertiary/aromatic N) is 2. The van der Waals surface area contributed by atoms with Crippen LogP contribution in [-0.2, 0) is 6.54 Å². The molecule has 4 rings (SSSR count). The summed E-state index contributed by atoms with van der Waals surface area (Å²) in [5.41, 5.74) is 9.01. The topological polar surface area (TPSA) is 64.9 Å². The molecule has 0 spiro atoms. The van der Waals surface area contributed by atoms with E-state index in [9.17, 15) is 0 Å². The van der Waals surface area contributed by atoms with Gasteiger partial charge >= 0.3 is 0 Å². The average molecular weight is 297 g/mol. The van der Waals surface area contributed by atoms with Crippen LogP contribution in [0, 0.1) is 0 Å². The minimum atomic E-state index is 0.539. The first-order chi connectivity index (χ1) is 10.3. The van der Waals surface area contributed by atoms with Crippen LogP contribution in [0.2, 0.25) is 0 Å². The van der Waals surface area contributed by atoms with E-state index >= 15 is 0 Å². The Kier molecular flexibility index (Phi) is 3.09. The van der Waals surface area contributed by atoms with Crippen molar-refractivity contribution in [2.75, 3.05) is 0 Å². The standard InChI is InChI=1S/C16H15N3OS/c17-9-10-1-3-12(4-2-10)15-18-16(20-19-15)14-13(7-8-21-14)11-5-6-11/h1-4,7-8,11H,5-6,9,17H2. The fourth-order valence-corrected chi connectivity index (χ4v) is 3.34. The van der Waals surface area contributed by atoms with Gasteiger partial charge in [-0.3, -0.25) is 0 Å². The second-order valence-electron chi connectivity index (χ2n) is 5.30. The Bertz CT molecular complexity index is 756. The highest BCUT2D eigenvalue weighted by molar-refractivity contribution is 7.13. The summed E-state index contributed by atoms with van der Waals surface area (Å²) in [5.74, 6) is 1.94. The second kappa shape index (κ2) is 5.09. The molecule has 5 heteroatoms. The Morgan fingerprint density at radius 2 is 2.00 bits per heavy atom. The lowest BCUT2D eigenvalue weighted by Gasteiger charge is -1.97. The van der Waals surface area contributed by atoms with E-state index in [1.807, 2.05) is 24.3 Å². The maximum Gasteiger partial charge on any atom is 0.268 e. The molecule has 1 fully saturated rings. The first-order valence-electron chi connectivity index (χ1n) is 7.06. The van der Waals surface area contributed by atoms with Gasteiger partial charge in [-0.05, 0) is 41.3 Å². The summed E-state index contributed by atoms with van der Waals surface area (Å²) in [5, 5.41) is 6.21. The number of hydrogen-bond acceptors (Lipinski definition) is 5. The zero-order chi connectivity index (χ0) is 14.2. The van der Waals surface area contributed by atoms with Crippen molar-refractivity contribution in [3.63, 3.8) is 0 Å². The van der Waals surface area contributed by atoms with Crippen LogP contribution in [0.1, 0.15) is 29.9 Å². The first kappa shape index (κ1) is 12.7. The van der Waals surface area contributed by atoms with Gasteiger partial charge < -0.3 is 10.3 Å². The molecule has 4 nitrogen and oxygen atoms in total. The van der Waals surface area contributed by atoms with E-state index in [1.165, 1.54) is 18.4 Å². The molecule has 0 radical (unpaired) electrons. The van der Waals surface area contributed by atoms with Crippen molar-refractivity contribution in [1.82, 2.24) is 10.1 Å². The van der Waals surface area contributed by atoms with Gasteiger partial charge in [0.2, 0.25) is 5.82 Å². The normalized spacial score (nSPS) is 14.5. The number of benzene rings is 1. The maximum absolute atomic E-state index is 5.61. The lowest BCUT2D eigenvalue weighted by atomic mass is 10.1. The molecule has 0 amide bonds. The molecule has 21 heavy (non-hydrogen) atoms. The van der Waals surface area contributed by atoms with Crippen molar-refractivity contribution in [3.8, 4) is 22.2 Å². The van der Waals surface area contributed by atoms with Crippen molar-refractivity contribution >= 4 is 11.3 Å². The fourth-order valence-electron chi connectivity index (χ4n) is 2.43. The van der Waals surface area contributed by atoms with Crippen LogP contribution in [0.5, 0.6) is 0 Å². The first-order valence-corrected chi connectivity index (χ1v) is 7.94. The van der Waals surface area contributed by atoms with E-state index < -0.39 is 0 Å². The van der Waals surface area contributed by atoms with E-state index in [1.54, 1.807) is 11.3 Å². The van der Waals surface area contributed by atoms with Gasteiger partial charge in [0.15, 0.2) is 0 Å². The summed E-state index contributed by atoms with van der Waals surface area (Å²) in [7, 11) is 0. The highest BCUT2D eigenvalue weighted by Crippen LogP contribution is 2.46. The Morgan fingerprint density at radius 1 is 1.19 bits per heavy atom. The molecule has 0 atom stereocenters. The molecule has 1 aliphatic carbocycles. The van der Waals surface area contributed by atoms with E-state index in [0.717, 1.165) is 16.0 Å². The second-order valence-corrected chi connectivity index (χ2v) is 6.22. The van der Waals surface area contributed by atoms with Gasteiger partial charge in [0.05, 0.1) is 4.88 Å². The quantitative estimate of drug-likeness (QED) is 0.795. The van der Waals surface area contributed by atoms with Gasteiger partial charge in [0.1, 0.15) is 0 Å². The molecule has 1 aromatic carbocycles. The molecule has 3 aromatic rings. The summed E-state index contributed by atoms with van der Waals surface area (Å²) in [6.07, 6.45) is 2.54. The van der Waals surface area contributed by atoms with Gasteiger partial charge in [-0.15, -0.1) is 11.3 Å². The maximum atomic E-state index is 5.61. The lowest BCUT2D eigenvalue weighted by Crippen LogP contribution is -1.95. The third kappa shape index (κ3) is 2.39. The zero-order valence-corrected chi connectivity index (χ0v) is 12.3. The largest absolute Gasteiger partial charge is 0.333 e. The molecule has 0 saturated heterocycles. The Morgan fingerprint density at radius 3 is 2.71 bits per heavy atom. The highest BCUT2D eigenvalue weighted by atomic mass is 32.1. The Balaban J connectivity index is 1.66. The van der Waals surface area contributed by atoms with Crippen LogP contribution in [0.25, 0.3) is 22.2 Å².